The van der Waals surface area contributed by atoms with Crippen molar-refractivity contribution in [3.63, 3.8) is 0 Å². The van der Waals surface area contributed by atoms with Gasteiger partial charge in [-0.25, -0.2) is 4.79 Å². The van der Waals surface area contributed by atoms with Gasteiger partial charge in [-0.15, -0.1) is 0 Å². The van der Waals surface area contributed by atoms with Crippen molar-refractivity contribution >= 4 is 6.09 Å². The van der Waals surface area contributed by atoms with Gasteiger partial charge in [0.25, 0.3) is 0 Å². The van der Waals surface area contributed by atoms with E-state index < -0.39 is 0 Å². The highest BCUT2D eigenvalue weighted by Crippen LogP contribution is 2.16. The average Bonchev–Trinajstić information content (AvgIpc) is 2.80. The number of hydrogen-bond acceptors (Lipinski definition) is 5. The minimum Gasteiger partial charge on any atom is -0.410 e. The van der Waals surface area contributed by atoms with Crippen molar-refractivity contribution in [3.05, 3.63) is 89.5 Å². The van der Waals surface area contributed by atoms with E-state index in [-0.39, 0.29) is 6.09 Å². The zero-order chi connectivity index (χ0) is 21.5. The van der Waals surface area contributed by atoms with Gasteiger partial charge in [0.2, 0.25) is 0 Å². The summed E-state index contributed by atoms with van der Waals surface area (Å²) in [5.74, 6) is 0.573. The van der Waals surface area contributed by atoms with Crippen LogP contribution in [0, 0.1) is 6.92 Å². The second-order valence-electron chi connectivity index (χ2n) is 7.86. The molecule has 1 aliphatic rings. The lowest BCUT2D eigenvalue weighted by Gasteiger charge is -2.33. The molecule has 0 spiro atoms. The first kappa shape index (κ1) is 21.0. The molecule has 2 aromatic heterocycles. The smallest absolute Gasteiger partial charge is 0.410 e. The summed E-state index contributed by atoms with van der Waals surface area (Å²) in [4.78, 5) is 25.6. The fourth-order valence-corrected chi connectivity index (χ4v) is 3.72. The monoisotopic (exact) mass is 416 g/mol. The van der Waals surface area contributed by atoms with Crippen molar-refractivity contribution in [1.82, 2.24) is 19.8 Å². The Morgan fingerprint density at radius 1 is 0.935 bits per heavy atom. The Morgan fingerprint density at radius 3 is 2.42 bits per heavy atom. The maximum absolute atomic E-state index is 12.5. The average molecular weight is 417 g/mol. The number of hydrogen-bond donors (Lipinski definition) is 0. The van der Waals surface area contributed by atoms with E-state index in [0.717, 1.165) is 55.1 Å². The van der Waals surface area contributed by atoms with E-state index >= 15 is 0 Å². The summed E-state index contributed by atoms with van der Waals surface area (Å²) < 4.78 is 5.59. The number of ether oxygens (including phenoxy) is 1. The SMILES string of the molecule is Cc1cccc(Cc2ccc(OC(=O)N3CCN(CCc4ccccn4)CC3)cc2)n1. The summed E-state index contributed by atoms with van der Waals surface area (Å²) in [6.45, 7) is 6.01. The van der Waals surface area contributed by atoms with Crippen LogP contribution >= 0.6 is 0 Å². The number of carbonyl (C=O) groups is 1. The molecule has 0 radical (unpaired) electrons. The third-order valence-electron chi connectivity index (χ3n) is 5.50. The number of carbonyl (C=O) groups excluding carboxylic acids is 1. The summed E-state index contributed by atoms with van der Waals surface area (Å²) >= 11 is 0. The maximum atomic E-state index is 12.5. The molecule has 3 aromatic rings. The largest absolute Gasteiger partial charge is 0.415 e. The first-order valence-electron chi connectivity index (χ1n) is 10.8. The van der Waals surface area contributed by atoms with Crippen LogP contribution in [0.1, 0.15) is 22.6 Å². The highest BCUT2D eigenvalue weighted by Gasteiger charge is 2.22. The Morgan fingerprint density at radius 2 is 1.71 bits per heavy atom. The van der Waals surface area contributed by atoms with Gasteiger partial charge in [-0.2, -0.15) is 0 Å². The number of amides is 1. The van der Waals surface area contributed by atoms with E-state index in [9.17, 15) is 4.79 Å². The molecule has 160 valence electrons. The minimum atomic E-state index is -0.280. The van der Waals surface area contributed by atoms with Crippen LogP contribution in [0.4, 0.5) is 4.79 Å². The van der Waals surface area contributed by atoms with Crippen LogP contribution in [0.25, 0.3) is 0 Å². The molecule has 31 heavy (non-hydrogen) atoms. The first-order valence-corrected chi connectivity index (χ1v) is 10.8. The van der Waals surface area contributed by atoms with Crippen molar-refractivity contribution in [3.8, 4) is 5.75 Å². The van der Waals surface area contributed by atoms with E-state index in [1.54, 1.807) is 4.90 Å². The third-order valence-corrected chi connectivity index (χ3v) is 5.50. The molecule has 1 aromatic carbocycles. The Balaban J connectivity index is 1.22. The lowest BCUT2D eigenvalue weighted by atomic mass is 10.1. The Kier molecular flexibility index (Phi) is 6.89. The van der Waals surface area contributed by atoms with E-state index in [0.29, 0.717) is 18.8 Å². The number of rotatable bonds is 6. The summed E-state index contributed by atoms with van der Waals surface area (Å²) in [5.41, 5.74) is 4.29. The van der Waals surface area contributed by atoms with Crippen LogP contribution in [0.2, 0.25) is 0 Å². The summed E-state index contributed by atoms with van der Waals surface area (Å²) in [6.07, 6.45) is 3.24. The topological polar surface area (TPSA) is 58.6 Å². The van der Waals surface area contributed by atoms with Gasteiger partial charge in [0.15, 0.2) is 0 Å². The molecule has 3 heterocycles. The Labute approximate surface area is 183 Å². The van der Waals surface area contributed by atoms with Gasteiger partial charge in [0.05, 0.1) is 0 Å². The number of piperazine rings is 1. The number of aryl methyl sites for hydroxylation is 1. The summed E-state index contributed by atoms with van der Waals surface area (Å²) in [7, 11) is 0. The second-order valence-corrected chi connectivity index (χ2v) is 7.86. The fraction of sp³-hybridized carbons (Fsp3) is 0.320. The van der Waals surface area contributed by atoms with Gasteiger partial charge in [0, 0.05) is 68.8 Å². The molecule has 1 amide bonds. The lowest BCUT2D eigenvalue weighted by Crippen LogP contribution is -2.49. The van der Waals surface area contributed by atoms with Crippen LogP contribution in [0.5, 0.6) is 5.75 Å². The molecule has 4 rings (SSSR count). The molecule has 0 aliphatic carbocycles. The number of nitrogens with zero attached hydrogens (tertiary/aromatic N) is 4. The lowest BCUT2D eigenvalue weighted by molar-refractivity contribution is 0.111. The highest BCUT2D eigenvalue weighted by molar-refractivity contribution is 5.70. The molecular formula is C25H28N4O2. The molecule has 1 aliphatic heterocycles. The van der Waals surface area contributed by atoms with Crippen LogP contribution in [-0.2, 0) is 12.8 Å². The minimum absolute atomic E-state index is 0.280. The Hall–Kier alpha value is -3.25. The van der Waals surface area contributed by atoms with Crippen LogP contribution in [0.15, 0.2) is 66.9 Å². The van der Waals surface area contributed by atoms with Crippen molar-refractivity contribution in [2.75, 3.05) is 32.7 Å². The van der Waals surface area contributed by atoms with E-state index in [1.165, 1.54) is 0 Å². The standard InChI is InChI=1S/C25H28N4O2/c1-20-5-4-7-23(27-20)19-21-8-10-24(11-9-21)31-25(30)29-17-15-28(16-18-29)14-12-22-6-2-3-13-26-22/h2-11,13H,12,14-19H2,1H3. The van der Waals surface area contributed by atoms with E-state index in [1.807, 2.05) is 67.7 Å². The van der Waals surface area contributed by atoms with E-state index in [2.05, 4.69) is 20.9 Å². The molecule has 6 nitrogen and oxygen atoms in total. The molecule has 0 atom stereocenters. The molecule has 1 fully saturated rings. The van der Waals surface area contributed by atoms with Crippen LogP contribution in [0.3, 0.4) is 0 Å². The van der Waals surface area contributed by atoms with Crippen molar-refractivity contribution in [2.24, 2.45) is 0 Å². The predicted molar refractivity (Wildman–Crippen MR) is 120 cm³/mol. The van der Waals surface area contributed by atoms with Gasteiger partial charge < -0.3 is 9.64 Å². The summed E-state index contributed by atoms with van der Waals surface area (Å²) in [5, 5.41) is 0. The molecule has 0 unspecified atom stereocenters. The highest BCUT2D eigenvalue weighted by atomic mass is 16.6. The number of benzene rings is 1. The van der Waals surface area contributed by atoms with Crippen molar-refractivity contribution < 1.29 is 9.53 Å². The van der Waals surface area contributed by atoms with Crippen LogP contribution in [-0.4, -0.2) is 58.6 Å². The molecular weight excluding hydrogens is 388 g/mol. The summed E-state index contributed by atoms with van der Waals surface area (Å²) in [6, 6.07) is 19.7. The normalized spacial score (nSPS) is 14.4. The molecule has 6 heteroatoms. The zero-order valence-corrected chi connectivity index (χ0v) is 17.9. The number of aromatic nitrogens is 2. The van der Waals surface area contributed by atoms with Gasteiger partial charge in [-0.3, -0.25) is 14.9 Å². The number of pyridine rings is 2. The van der Waals surface area contributed by atoms with Crippen LogP contribution < -0.4 is 4.74 Å². The van der Waals surface area contributed by atoms with Gasteiger partial charge in [-0.05, 0) is 48.9 Å². The predicted octanol–water partition coefficient (Wildman–Crippen LogP) is 3.73. The Bertz CT molecular complexity index is 984. The van der Waals surface area contributed by atoms with E-state index in [4.69, 9.17) is 4.74 Å². The molecule has 0 N–H and O–H groups in total. The fourth-order valence-electron chi connectivity index (χ4n) is 3.72. The molecule has 0 bridgehead atoms. The van der Waals surface area contributed by atoms with Gasteiger partial charge >= 0.3 is 6.09 Å². The van der Waals surface area contributed by atoms with Gasteiger partial charge in [-0.1, -0.05) is 24.3 Å². The zero-order valence-electron chi connectivity index (χ0n) is 17.9. The molecule has 1 saturated heterocycles. The second kappa shape index (κ2) is 10.2. The maximum Gasteiger partial charge on any atom is 0.415 e. The third kappa shape index (κ3) is 6.12. The molecule has 0 saturated carbocycles. The quantitative estimate of drug-likeness (QED) is 0.613. The van der Waals surface area contributed by atoms with Crippen molar-refractivity contribution in [2.45, 2.75) is 19.8 Å². The van der Waals surface area contributed by atoms with Gasteiger partial charge in [0.1, 0.15) is 5.75 Å². The first-order chi connectivity index (χ1) is 15.2. The van der Waals surface area contributed by atoms with Crippen molar-refractivity contribution in [1.29, 1.82) is 0 Å².